The summed E-state index contributed by atoms with van der Waals surface area (Å²) in [7, 11) is 1.62. The van der Waals surface area contributed by atoms with Gasteiger partial charge in [0, 0.05) is 13.1 Å². The molecular formula is C12H23N3O2. The standard InChI is InChI=1S/C12H23N3O2/c1-8(2)14-10(16)7-15(4)11(17)12(3,13)9-5-6-9/h8-9H,5-7,13H2,1-4H3,(H,14,16). The van der Waals surface area contributed by atoms with Gasteiger partial charge in [-0.05, 0) is 39.5 Å². The maximum absolute atomic E-state index is 12.1. The number of carbonyl (C=O) groups excluding carboxylic acids is 2. The molecule has 0 bridgehead atoms. The Kier molecular flexibility index (Phi) is 4.14. The molecule has 0 aromatic rings. The van der Waals surface area contributed by atoms with Crippen molar-refractivity contribution < 1.29 is 9.59 Å². The minimum atomic E-state index is -0.827. The van der Waals surface area contributed by atoms with Crippen LogP contribution in [-0.4, -0.2) is 41.9 Å². The molecule has 2 amide bonds. The molecule has 98 valence electrons. The molecule has 0 spiro atoms. The lowest BCUT2D eigenvalue weighted by Crippen LogP contribution is -2.55. The lowest BCUT2D eigenvalue weighted by atomic mass is 9.95. The Morgan fingerprint density at radius 1 is 1.47 bits per heavy atom. The molecule has 0 aromatic carbocycles. The van der Waals surface area contributed by atoms with Crippen LogP contribution >= 0.6 is 0 Å². The first-order valence-corrected chi connectivity index (χ1v) is 6.09. The van der Waals surface area contributed by atoms with Crippen LogP contribution in [0.15, 0.2) is 0 Å². The van der Waals surface area contributed by atoms with E-state index in [0.717, 1.165) is 12.8 Å². The molecule has 17 heavy (non-hydrogen) atoms. The van der Waals surface area contributed by atoms with Crippen molar-refractivity contribution in [1.82, 2.24) is 10.2 Å². The van der Waals surface area contributed by atoms with Crippen LogP contribution < -0.4 is 11.1 Å². The summed E-state index contributed by atoms with van der Waals surface area (Å²) in [6.45, 7) is 5.59. The Labute approximate surface area is 103 Å². The van der Waals surface area contributed by atoms with Crippen molar-refractivity contribution in [2.75, 3.05) is 13.6 Å². The predicted octanol–water partition coefficient (Wildman–Crippen LogP) is 0.0968. The van der Waals surface area contributed by atoms with E-state index in [1.807, 2.05) is 13.8 Å². The van der Waals surface area contributed by atoms with Crippen molar-refractivity contribution in [1.29, 1.82) is 0 Å². The number of amides is 2. The topological polar surface area (TPSA) is 75.4 Å². The highest BCUT2D eigenvalue weighted by Crippen LogP contribution is 2.38. The average molecular weight is 241 g/mol. The number of likely N-dealkylation sites (N-methyl/N-ethyl adjacent to an activating group) is 1. The summed E-state index contributed by atoms with van der Waals surface area (Å²) in [6.07, 6.45) is 2.01. The monoisotopic (exact) mass is 241 g/mol. The van der Waals surface area contributed by atoms with Gasteiger partial charge in [0.2, 0.25) is 11.8 Å². The average Bonchev–Trinajstić information content (AvgIpc) is 2.97. The Hall–Kier alpha value is -1.10. The van der Waals surface area contributed by atoms with E-state index in [0.29, 0.717) is 0 Å². The van der Waals surface area contributed by atoms with Crippen molar-refractivity contribution in [2.45, 2.75) is 45.2 Å². The molecule has 1 rings (SSSR count). The molecule has 1 fully saturated rings. The van der Waals surface area contributed by atoms with Crippen LogP contribution in [0, 0.1) is 5.92 Å². The molecule has 0 aromatic heterocycles. The van der Waals surface area contributed by atoms with Gasteiger partial charge in [0.1, 0.15) is 0 Å². The van der Waals surface area contributed by atoms with E-state index in [2.05, 4.69) is 5.32 Å². The van der Waals surface area contributed by atoms with E-state index in [-0.39, 0.29) is 30.3 Å². The van der Waals surface area contributed by atoms with E-state index in [1.165, 1.54) is 4.90 Å². The molecule has 1 aliphatic rings. The zero-order chi connectivity index (χ0) is 13.2. The minimum Gasteiger partial charge on any atom is -0.352 e. The number of nitrogens with zero attached hydrogens (tertiary/aromatic N) is 1. The third-order valence-corrected chi connectivity index (χ3v) is 3.06. The number of nitrogens with two attached hydrogens (primary N) is 1. The first-order chi connectivity index (χ1) is 7.75. The van der Waals surface area contributed by atoms with Crippen LogP contribution in [0.5, 0.6) is 0 Å². The fourth-order valence-corrected chi connectivity index (χ4v) is 1.92. The zero-order valence-corrected chi connectivity index (χ0v) is 11.1. The summed E-state index contributed by atoms with van der Waals surface area (Å²) in [5, 5.41) is 2.75. The molecule has 1 atom stereocenters. The number of rotatable bonds is 5. The Bertz CT molecular complexity index is 309. The van der Waals surface area contributed by atoms with Gasteiger partial charge in [0.25, 0.3) is 0 Å². The molecular weight excluding hydrogens is 218 g/mol. The lowest BCUT2D eigenvalue weighted by Gasteiger charge is -2.29. The second-order valence-electron chi connectivity index (χ2n) is 5.44. The molecule has 3 N–H and O–H groups in total. The number of hydrogen-bond donors (Lipinski definition) is 2. The Balaban J connectivity index is 2.49. The Morgan fingerprint density at radius 3 is 2.41 bits per heavy atom. The Morgan fingerprint density at radius 2 is 2.00 bits per heavy atom. The predicted molar refractivity (Wildman–Crippen MR) is 66.2 cm³/mol. The van der Waals surface area contributed by atoms with Gasteiger partial charge in [0.05, 0.1) is 12.1 Å². The quantitative estimate of drug-likeness (QED) is 0.716. The van der Waals surface area contributed by atoms with Gasteiger partial charge in [-0.15, -0.1) is 0 Å². The van der Waals surface area contributed by atoms with Crippen molar-refractivity contribution in [2.24, 2.45) is 11.7 Å². The van der Waals surface area contributed by atoms with Gasteiger partial charge < -0.3 is 16.0 Å². The van der Waals surface area contributed by atoms with Gasteiger partial charge in [-0.25, -0.2) is 0 Å². The van der Waals surface area contributed by atoms with Crippen molar-refractivity contribution >= 4 is 11.8 Å². The summed E-state index contributed by atoms with van der Waals surface area (Å²) in [4.78, 5) is 25.0. The molecule has 0 aliphatic heterocycles. The van der Waals surface area contributed by atoms with Gasteiger partial charge >= 0.3 is 0 Å². The van der Waals surface area contributed by atoms with Crippen LogP contribution in [0.2, 0.25) is 0 Å². The third kappa shape index (κ3) is 3.70. The van der Waals surface area contributed by atoms with Crippen LogP contribution in [0.3, 0.4) is 0 Å². The molecule has 1 saturated carbocycles. The molecule has 0 radical (unpaired) electrons. The van der Waals surface area contributed by atoms with Crippen molar-refractivity contribution in [3.63, 3.8) is 0 Å². The van der Waals surface area contributed by atoms with Crippen LogP contribution in [-0.2, 0) is 9.59 Å². The summed E-state index contributed by atoms with van der Waals surface area (Å²) in [5.41, 5.74) is 5.19. The summed E-state index contributed by atoms with van der Waals surface area (Å²) >= 11 is 0. The third-order valence-electron chi connectivity index (χ3n) is 3.06. The first kappa shape index (κ1) is 14.0. The van der Waals surface area contributed by atoms with E-state index < -0.39 is 5.54 Å². The van der Waals surface area contributed by atoms with Crippen LogP contribution in [0.1, 0.15) is 33.6 Å². The van der Waals surface area contributed by atoms with E-state index >= 15 is 0 Å². The van der Waals surface area contributed by atoms with Crippen molar-refractivity contribution in [3.05, 3.63) is 0 Å². The lowest BCUT2D eigenvalue weighted by molar-refractivity contribution is -0.139. The number of hydrogen-bond acceptors (Lipinski definition) is 3. The van der Waals surface area contributed by atoms with E-state index in [9.17, 15) is 9.59 Å². The molecule has 0 heterocycles. The maximum atomic E-state index is 12.1. The molecule has 5 heteroatoms. The first-order valence-electron chi connectivity index (χ1n) is 6.09. The summed E-state index contributed by atoms with van der Waals surface area (Å²) in [6, 6.07) is 0.0821. The second kappa shape index (κ2) is 5.04. The van der Waals surface area contributed by atoms with Gasteiger partial charge in [-0.1, -0.05) is 0 Å². The number of nitrogens with one attached hydrogen (secondary N) is 1. The van der Waals surface area contributed by atoms with Crippen LogP contribution in [0.4, 0.5) is 0 Å². The SMILES string of the molecule is CC(C)NC(=O)CN(C)C(=O)C(C)(N)C1CC1. The zero-order valence-electron chi connectivity index (χ0n) is 11.1. The van der Waals surface area contributed by atoms with Crippen LogP contribution in [0.25, 0.3) is 0 Å². The van der Waals surface area contributed by atoms with Gasteiger partial charge in [-0.2, -0.15) is 0 Å². The molecule has 1 unspecified atom stereocenters. The highest BCUT2D eigenvalue weighted by atomic mass is 16.2. The van der Waals surface area contributed by atoms with E-state index in [1.54, 1.807) is 14.0 Å². The summed E-state index contributed by atoms with van der Waals surface area (Å²) < 4.78 is 0. The molecule has 1 aliphatic carbocycles. The normalized spacial score (nSPS) is 18.7. The summed E-state index contributed by atoms with van der Waals surface area (Å²) in [5.74, 6) is -0.0352. The fraction of sp³-hybridized carbons (Fsp3) is 0.833. The fourth-order valence-electron chi connectivity index (χ4n) is 1.92. The van der Waals surface area contributed by atoms with E-state index in [4.69, 9.17) is 5.73 Å². The highest BCUT2D eigenvalue weighted by molar-refractivity contribution is 5.90. The second-order valence-corrected chi connectivity index (χ2v) is 5.44. The van der Waals surface area contributed by atoms with Crippen molar-refractivity contribution in [3.8, 4) is 0 Å². The minimum absolute atomic E-state index is 0.0660. The van der Waals surface area contributed by atoms with Gasteiger partial charge in [-0.3, -0.25) is 9.59 Å². The number of carbonyl (C=O) groups is 2. The maximum Gasteiger partial charge on any atom is 0.242 e. The van der Waals surface area contributed by atoms with Gasteiger partial charge in [0.15, 0.2) is 0 Å². The smallest absolute Gasteiger partial charge is 0.242 e. The highest BCUT2D eigenvalue weighted by Gasteiger charge is 2.45. The molecule has 5 nitrogen and oxygen atoms in total. The molecule has 0 saturated heterocycles. The largest absolute Gasteiger partial charge is 0.352 e.